The van der Waals surface area contributed by atoms with Crippen molar-refractivity contribution in [2.45, 2.75) is 0 Å². The van der Waals surface area contributed by atoms with Crippen molar-refractivity contribution in [3.05, 3.63) is 146 Å². The highest BCUT2D eigenvalue weighted by Gasteiger charge is 2.17. The predicted octanol–water partition coefficient (Wildman–Crippen LogP) is 12.0. The molecule has 0 saturated heterocycles. The summed E-state index contributed by atoms with van der Waals surface area (Å²) in [6.45, 7) is 0. The van der Waals surface area contributed by atoms with Gasteiger partial charge in [-0.3, -0.25) is 0 Å². The first-order valence-corrected chi connectivity index (χ1v) is 14.9. The van der Waals surface area contributed by atoms with Gasteiger partial charge in [-0.2, -0.15) is 0 Å². The van der Waals surface area contributed by atoms with Crippen molar-refractivity contribution in [3.8, 4) is 22.3 Å². The molecular weight excluding hydrogens is 513 g/mol. The van der Waals surface area contributed by atoms with Crippen molar-refractivity contribution in [3.63, 3.8) is 0 Å². The second-order valence-corrected chi connectivity index (χ2v) is 12.0. The van der Waals surface area contributed by atoms with Gasteiger partial charge in [0.25, 0.3) is 0 Å². The average molecular weight is 537 g/mol. The number of benzene rings is 8. The van der Waals surface area contributed by atoms with Crippen LogP contribution in [0.15, 0.2) is 146 Å². The molecule has 0 unspecified atom stereocenters. The summed E-state index contributed by atoms with van der Waals surface area (Å²) in [5, 5.41) is 13.0. The van der Waals surface area contributed by atoms with Crippen molar-refractivity contribution in [1.82, 2.24) is 0 Å². The number of hydrogen-bond donors (Lipinski definition) is 0. The zero-order chi connectivity index (χ0) is 26.9. The van der Waals surface area contributed by atoms with E-state index in [-0.39, 0.29) is 0 Å². The number of hydrogen-bond acceptors (Lipinski definition) is 1. The normalized spacial score (nSPS) is 11.9. The predicted molar refractivity (Wildman–Crippen MR) is 180 cm³/mol. The van der Waals surface area contributed by atoms with Gasteiger partial charge >= 0.3 is 0 Å². The standard InChI is InChI=1S/C40H24S/c1-2-10-26-21-29(18-17-25(26)9-1)39-32-13-5-7-15-34(32)40(35-16-8-6-14-33(35)39)30-19-20-31-36-22-27-11-3-4-12-28(27)23-38(36)41-37(31)24-30/h1-24H. The highest BCUT2D eigenvalue weighted by molar-refractivity contribution is 7.25. The monoisotopic (exact) mass is 536 g/mol. The molecule has 0 aliphatic heterocycles. The fraction of sp³-hybridized carbons (Fsp3) is 0. The largest absolute Gasteiger partial charge is 0.135 e. The summed E-state index contributed by atoms with van der Waals surface area (Å²) in [6.07, 6.45) is 0. The third-order valence-electron chi connectivity index (χ3n) is 8.60. The highest BCUT2D eigenvalue weighted by Crippen LogP contribution is 2.46. The van der Waals surface area contributed by atoms with E-state index in [2.05, 4.69) is 146 Å². The molecule has 0 aliphatic rings. The molecule has 0 atom stereocenters. The van der Waals surface area contributed by atoms with E-state index < -0.39 is 0 Å². The minimum atomic E-state index is 1.26. The molecule has 8 aromatic carbocycles. The topological polar surface area (TPSA) is 0 Å². The Balaban J connectivity index is 1.34. The summed E-state index contributed by atoms with van der Waals surface area (Å²) in [6, 6.07) is 53.8. The fourth-order valence-corrected chi connectivity index (χ4v) is 7.89. The van der Waals surface area contributed by atoms with Crippen molar-refractivity contribution in [2.75, 3.05) is 0 Å². The van der Waals surface area contributed by atoms with Crippen molar-refractivity contribution in [2.24, 2.45) is 0 Å². The second-order valence-electron chi connectivity index (χ2n) is 10.9. The van der Waals surface area contributed by atoms with E-state index in [1.165, 1.54) is 85.5 Å². The maximum Gasteiger partial charge on any atom is 0.0361 e. The van der Waals surface area contributed by atoms with E-state index in [0.29, 0.717) is 0 Å². The molecule has 1 heterocycles. The Kier molecular flexibility index (Phi) is 4.87. The van der Waals surface area contributed by atoms with Crippen LogP contribution >= 0.6 is 11.3 Å². The van der Waals surface area contributed by atoms with Gasteiger partial charge in [-0.25, -0.2) is 0 Å². The molecule has 0 aliphatic carbocycles. The van der Waals surface area contributed by atoms with Crippen molar-refractivity contribution < 1.29 is 0 Å². The van der Waals surface area contributed by atoms with Crippen LogP contribution in [-0.4, -0.2) is 0 Å². The lowest BCUT2D eigenvalue weighted by Gasteiger charge is -2.18. The molecule has 0 N–H and O–H groups in total. The third kappa shape index (κ3) is 3.46. The molecular formula is C40H24S. The summed E-state index contributed by atoms with van der Waals surface area (Å²) in [4.78, 5) is 0. The summed E-state index contributed by atoms with van der Waals surface area (Å²) in [7, 11) is 0. The van der Waals surface area contributed by atoms with Crippen LogP contribution in [0, 0.1) is 0 Å². The number of fused-ring (bicyclic) bond motifs is 7. The number of rotatable bonds is 2. The van der Waals surface area contributed by atoms with Gasteiger partial charge in [0.15, 0.2) is 0 Å². The van der Waals surface area contributed by atoms with Gasteiger partial charge in [-0.1, -0.05) is 121 Å². The lowest BCUT2D eigenvalue weighted by Crippen LogP contribution is -1.90. The minimum absolute atomic E-state index is 1.26. The van der Waals surface area contributed by atoms with E-state index in [1.54, 1.807) is 0 Å². The van der Waals surface area contributed by atoms with Gasteiger partial charge in [0, 0.05) is 20.2 Å². The average Bonchev–Trinajstić information content (AvgIpc) is 3.38. The molecule has 9 rings (SSSR count). The van der Waals surface area contributed by atoms with Gasteiger partial charge in [-0.05, 0) is 89.6 Å². The molecule has 0 spiro atoms. The number of thiophene rings is 1. The fourth-order valence-electron chi connectivity index (χ4n) is 6.71. The quantitative estimate of drug-likeness (QED) is 0.193. The van der Waals surface area contributed by atoms with Crippen LogP contribution in [0.2, 0.25) is 0 Å². The van der Waals surface area contributed by atoms with E-state index in [0.717, 1.165) is 0 Å². The molecule has 41 heavy (non-hydrogen) atoms. The summed E-state index contributed by atoms with van der Waals surface area (Å²) in [5.74, 6) is 0. The zero-order valence-corrected chi connectivity index (χ0v) is 23.1. The van der Waals surface area contributed by atoms with E-state index in [1.807, 2.05) is 11.3 Å². The van der Waals surface area contributed by atoms with Crippen LogP contribution in [0.25, 0.3) is 85.5 Å². The van der Waals surface area contributed by atoms with E-state index >= 15 is 0 Å². The van der Waals surface area contributed by atoms with Crippen LogP contribution in [-0.2, 0) is 0 Å². The SMILES string of the molecule is c1ccc2cc(-c3c4ccccc4c(-c4ccc5c(c4)sc4cc6ccccc6cc45)c4ccccc34)ccc2c1. The molecule has 0 saturated carbocycles. The smallest absolute Gasteiger partial charge is 0.0361 e. The van der Waals surface area contributed by atoms with Gasteiger partial charge in [0.1, 0.15) is 0 Å². The third-order valence-corrected chi connectivity index (χ3v) is 9.71. The van der Waals surface area contributed by atoms with Crippen molar-refractivity contribution in [1.29, 1.82) is 0 Å². The molecule has 1 aromatic heterocycles. The molecule has 0 bridgehead atoms. The van der Waals surface area contributed by atoms with Gasteiger partial charge in [0.2, 0.25) is 0 Å². The van der Waals surface area contributed by atoms with Crippen molar-refractivity contribution >= 4 is 74.6 Å². The maximum absolute atomic E-state index is 2.41. The Morgan fingerprint density at radius 1 is 0.293 bits per heavy atom. The first kappa shape index (κ1) is 22.8. The summed E-state index contributed by atoms with van der Waals surface area (Å²) >= 11 is 1.90. The molecule has 1 heteroatoms. The Hall–Kier alpha value is -4.98. The van der Waals surface area contributed by atoms with E-state index in [9.17, 15) is 0 Å². The molecule has 0 radical (unpaired) electrons. The van der Waals surface area contributed by atoms with Crippen LogP contribution in [0.5, 0.6) is 0 Å². The van der Waals surface area contributed by atoms with Gasteiger partial charge < -0.3 is 0 Å². The Labute approximate surface area is 241 Å². The lowest BCUT2D eigenvalue weighted by atomic mass is 9.85. The molecule has 9 aromatic rings. The van der Waals surface area contributed by atoms with E-state index in [4.69, 9.17) is 0 Å². The summed E-state index contributed by atoms with van der Waals surface area (Å²) < 4.78 is 2.68. The maximum atomic E-state index is 2.41. The highest BCUT2D eigenvalue weighted by atomic mass is 32.1. The van der Waals surface area contributed by atoms with Crippen LogP contribution in [0.1, 0.15) is 0 Å². The van der Waals surface area contributed by atoms with Gasteiger partial charge in [0.05, 0.1) is 0 Å². The van der Waals surface area contributed by atoms with Gasteiger partial charge in [-0.15, -0.1) is 11.3 Å². The van der Waals surface area contributed by atoms with Crippen LogP contribution in [0.4, 0.5) is 0 Å². The first-order chi connectivity index (χ1) is 20.3. The molecule has 190 valence electrons. The second kappa shape index (κ2) is 8.76. The molecule has 0 fully saturated rings. The first-order valence-electron chi connectivity index (χ1n) is 14.1. The lowest BCUT2D eigenvalue weighted by molar-refractivity contribution is 1.69. The molecule has 0 nitrogen and oxygen atoms in total. The zero-order valence-electron chi connectivity index (χ0n) is 22.3. The van der Waals surface area contributed by atoms with Crippen LogP contribution < -0.4 is 0 Å². The summed E-state index contributed by atoms with van der Waals surface area (Å²) in [5.41, 5.74) is 5.14. The Morgan fingerprint density at radius 3 is 1.39 bits per heavy atom. The Morgan fingerprint density at radius 2 is 0.756 bits per heavy atom. The van der Waals surface area contributed by atoms with Crippen LogP contribution in [0.3, 0.4) is 0 Å². The minimum Gasteiger partial charge on any atom is -0.135 e. The molecule has 0 amide bonds. The Bertz CT molecular complexity index is 2420.